The van der Waals surface area contributed by atoms with Crippen LogP contribution in [-0.2, 0) is 0 Å². The smallest absolute Gasteiger partial charge is 0.291 e. The van der Waals surface area contributed by atoms with Gasteiger partial charge in [-0.3, -0.25) is 9.13 Å². The van der Waals surface area contributed by atoms with E-state index < -0.39 is 0 Å². The molecule has 0 atom stereocenters. The first-order valence-electron chi connectivity index (χ1n) is 24.2. The zero-order chi connectivity index (χ0) is 46.3. The Balaban J connectivity index is 1.03. The van der Waals surface area contributed by atoms with Gasteiger partial charge in [0, 0.05) is 54.5 Å². The van der Waals surface area contributed by atoms with Gasteiger partial charge in [-0.1, -0.05) is 169 Å². The monoisotopic (exact) mass is 903 g/mol. The van der Waals surface area contributed by atoms with Crippen molar-refractivity contribution in [3.8, 4) is 34.4 Å². The van der Waals surface area contributed by atoms with Gasteiger partial charge in [-0.15, -0.1) is 0 Å². The van der Waals surface area contributed by atoms with Crippen molar-refractivity contribution in [2.75, 3.05) is 0 Å². The van der Waals surface area contributed by atoms with Crippen LogP contribution in [-0.4, -0.2) is 39.9 Å². The van der Waals surface area contributed by atoms with Crippen LogP contribution in [0.3, 0.4) is 0 Å². The highest BCUT2D eigenvalue weighted by atomic mass is 15.3. The molecule has 1 aliphatic heterocycles. The van der Waals surface area contributed by atoms with Gasteiger partial charge in [0.2, 0.25) is 11.9 Å². The summed E-state index contributed by atoms with van der Waals surface area (Å²) >= 11 is 0. The minimum Gasteiger partial charge on any atom is -0.309 e. The lowest BCUT2D eigenvalue weighted by atomic mass is 9.42. The van der Waals surface area contributed by atoms with E-state index in [2.05, 4.69) is 249 Å². The predicted molar refractivity (Wildman–Crippen MR) is 294 cm³/mol. The first-order chi connectivity index (χ1) is 35.3. The first-order valence-corrected chi connectivity index (χ1v) is 24.2. The second-order valence-electron chi connectivity index (χ2n) is 18.7. The Labute approximate surface area is 406 Å². The van der Waals surface area contributed by atoms with Crippen LogP contribution in [0, 0.1) is 0 Å². The van der Waals surface area contributed by atoms with Crippen molar-refractivity contribution in [1.29, 1.82) is 0 Å². The summed E-state index contributed by atoms with van der Waals surface area (Å²) in [7, 11) is 0. The fraction of sp³-hybridized carbons (Fsp3) is 0. The average Bonchev–Trinajstić information content (AvgIpc) is 4.23. The molecule has 10 aromatic carbocycles. The minimum atomic E-state index is -0.227. The van der Waals surface area contributed by atoms with Crippen LogP contribution in [0.2, 0.25) is 0 Å². The quantitative estimate of drug-likeness (QED) is 0.162. The van der Waals surface area contributed by atoms with Gasteiger partial charge in [0.1, 0.15) is 5.72 Å². The number of hydrogen-bond donors (Lipinski definition) is 0. The van der Waals surface area contributed by atoms with Gasteiger partial charge in [0.25, 0.3) is 6.71 Å². The Hall–Kier alpha value is -9.53. The van der Waals surface area contributed by atoms with Gasteiger partial charge in [0.05, 0.1) is 44.1 Å². The molecule has 6 heterocycles. The number of nitrogens with zero attached hydrogens (tertiary/aromatic N) is 7. The summed E-state index contributed by atoms with van der Waals surface area (Å²) in [6.45, 7) is -0.227. The summed E-state index contributed by atoms with van der Waals surface area (Å²) < 4.78 is 9.33. The molecular weight excluding hydrogens is 866 g/mol. The molecule has 0 saturated heterocycles. The van der Waals surface area contributed by atoms with Gasteiger partial charge < -0.3 is 9.13 Å². The van der Waals surface area contributed by atoms with E-state index in [0.29, 0.717) is 17.6 Å². The fourth-order valence-electron chi connectivity index (χ4n) is 12.3. The molecule has 16 rings (SSSR count). The molecule has 15 aromatic rings. The highest BCUT2D eigenvalue weighted by Crippen LogP contribution is 2.44. The highest BCUT2D eigenvalue weighted by Gasteiger charge is 2.37. The summed E-state index contributed by atoms with van der Waals surface area (Å²) in [6, 6.07) is 82.9. The Morgan fingerprint density at radius 1 is 0.254 bits per heavy atom. The molecule has 0 fully saturated rings. The second kappa shape index (κ2) is 14.5. The Morgan fingerprint density at radius 3 is 0.958 bits per heavy atom. The number of hydrogen-bond acceptors (Lipinski definition) is 3. The SMILES string of the molecule is c1ccc(-n2c3ccccc3c3c4c5ccccc5n(-c5nc(B6c7ccccc7-c7ccccc76)nc(-n6c7ccccc7c7c8c9ccccc9n(-c9ccccc9)c8ccc76)n5)c4ccc32)cc1. The Kier molecular flexibility index (Phi) is 7.85. The molecule has 0 aliphatic carbocycles. The first kappa shape index (κ1) is 38.4. The molecule has 0 spiro atoms. The van der Waals surface area contributed by atoms with Crippen LogP contribution in [0.1, 0.15) is 0 Å². The van der Waals surface area contributed by atoms with Crippen molar-refractivity contribution in [3.63, 3.8) is 0 Å². The van der Waals surface area contributed by atoms with E-state index in [1.165, 1.54) is 43.6 Å². The van der Waals surface area contributed by atoms with E-state index in [4.69, 9.17) is 15.0 Å². The summed E-state index contributed by atoms with van der Waals surface area (Å²) in [5, 5.41) is 9.40. The maximum Gasteiger partial charge on any atom is 0.291 e. The van der Waals surface area contributed by atoms with Crippen molar-refractivity contribution in [2.45, 2.75) is 0 Å². The second-order valence-corrected chi connectivity index (χ2v) is 18.7. The third-order valence-corrected chi connectivity index (χ3v) is 15.1. The molecule has 1 aliphatic rings. The molecule has 0 unspecified atom stereocenters. The number of fused-ring (bicyclic) bond motifs is 17. The van der Waals surface area contributed by atoms with Gasteiger partial charge >= 0.3 is 0 Å². The number of benzene rings is 10. The fourth-order valence-corrected chi connectivity index (χ4v) is 12.3. The maximum atomic E-state index is 5.69. The average molecular weight is 904 g/mol. The maximum absolute atomic E-state index is 5.69. The van der Waals surface area contributed by atoms with Crippen molar-refractivity contribution >= 4 is 111 Å². The Bertz CT molecular complexity index is 4420. The normalized spacial score (nSPS) is 12.5. The zero-order valence-corrected chi connectivity index (χ0v) is 38.1. The minimum absolute atomic E-state index is 0.227. The standard InChI is InChI=1S/C63H38BN7/c1-3-19-39(20-4-1)68-49-31-15-9-25-43(49)57-53(68)35-37-55-59(57)45-27-11-17-33-51(45)70(55)62-65-61(64-47-29-13-7-23-41(47)42-24-8-14-30-48(42)64)66-63(67-62)71-52-34-18-12-28-46(52)60-56(71)38-36-54-58(60)44-26-10-16-32-50(44)69(54)40-21-5-2-6-22-40/h1-38H. The van der Waals surface area contributed by atoms with Crippen LogP contribution >= 0.6 is 0 Å². The molecule has 0 bridgehead atoms. The van der Waals surface area contributed by atoms with Crippen LogP contribution < -0.4 is 16.6 Å². The van der Waals surface area contributed by atoms with Gasteiger partial charge in [-0.05, 0) is 83.9 Å². The van der Waals surface area contributed by atoms with Crippen molar-refractivity contribution in [3.05, 3.63) is 231 Å². The summed E-state index contributed by atoms with van der Waals surface area (Å²) in [4.78, 5) is 17.0. The summed E-state index contributed by atoms with van der Waals surface area (Å²) in [5.74, 6) is 1.13. The van der Waals surface area contributed by atoms with Gasteiger partial charge in [-0.25, -0.2) is 9.97 Å². The van der Waals surface area contributed by atoms with Crippen molar-refractivity contribution < 1.29 is 0 Å². The van der Waals surface area contributed by atoms with E-state index >= 15 is 0 Å². The molecular formula is C63H38BN7. The third kappa shape index (κ3) is 5.25. The van der Waals surface area contributed by atoms with Gasteiger partial charge in [0.15, 0.2) is 0 Å². The van der Waals surface area contributed by atoms with E-state index in [0.717, 1.165) is 77.1 Å². The van der Waals surface area contributed by atoms with Crippen LogP contribution in [0.5, 0.6) is 0 Å². The number of aromatic nitrogens is 7. The highest BCUT2D eigenvalue weighted by molar-refractivity contribution is 6.98. The van der Waals surface area contributed by atoms with Gasteiger partial charge in [-0.2, -0.15) is 4.98 Å². The van der Waals surface area contributed by atoms with Crippen LogP contribution in [0.4, 0.5) is 0 Å². The predicted octanol–water partition coefficient (Wildman–Crippen LogP) is 12.8. The molecule has 71 heavy (non-hydrogen) atoms. The topological polar surface area (TPSA) is 58.4 Å². The van der Waals surface area contributed by atoms with Crippen LogP contribution in [0.25, 0.3) is 122 Å². The molecule has 0 N–H and O–H groups in total. The molecule has 328 valence electrons. The van der Waals surface area contributed by atoms with E-state index in [1.807, 2.05) is 0 Å². The molecule has 0 amide bonds. The van der Waals surface area contributed by atoms with Crippen molar-refractivity contribution in [1.82, 2.24) is 33.2 Å². The van der Waals surface area contributed by atoms with E-state index in [-0.39, 0.29) is 6.71 Å². The molecule has 0 radical (unpaired) electrons. The molecule has 5 aromatic heterocycles. The summed E-state index contributed by atoms with van der Waals surface area (Å²) in [5.41, 5.74) is 16.5. The third-order valence-electron chi connectivity index (χ3n) is 15.1. The lowest BCUT2D eigenvalue weighted by molar-refractivity contribution is 0.905. The molecule has 0 saturated carbocycles. The molecule has 8 heteroatoms. The Morgan fingerprint density at radius 2 is 0.563 bits per heavy atom. The van der Waals surface area contributed by atoms with Crippen LogP contribution in [0.15, 0.2) is 231 Å². The molecule has 7 nitrogen and oxygen atoms in total. The number of rotatable bonds is 5. The lowest BCUT2D eigenvalue weighted by Gasteiger charge is -2.15. The van der Waals surface area contributed by atoms with E-state index in [9.17, 15) is 0 Å². The van der Waals surface area contributed by atoms with Crippen molar-refractivity contribution in [2.24, 2.45) is 0 Å². The largest absolute Gasteiger partial charge is 0.309 e. The van der Waals surface area contributed by atoms with E-state index in [1.54, 1.807) is 0 Å². The number of para-hydroxylation sites is 6. The lowest BCUT2D eigenvalue weighted by Crippen LogP contribution is -2.52. The summed E-state index contributed by atoms with van der Waals surface area (Å²) in [6.07, 6.45) is 0. The zero-order valence-electron chi connectivity index (χ0n) is 38.1.